The van der Waals surface area contributed by atoms with E-state index in [9.17, 15) is 4.79 Å². The lowest BCUT2D eigenvalue weighted by Gasteiger charge is -2.24. The molecular weight excluding hydrogens is 272 g/mol. The third kappa shape index (κ3) is 2.31. The van der Waals surface area contributed by atoms with E-state index in [2.05, 4.69) is 22.6 Å². The number of thiophene rings is 1. The molecule has 1 amide bonds. The Balaban J connectivity index is 2.05. The van der Waals surface area contributed by atoms with Crippen LogP contribution in [-0.2, 0) is 4.79 Å². The normalized spacial score (nSPS) is 23.9. The molecule has 6 heteroatoms. The van der Waals surface area contributed by atoms with E-state index in [-0.39, 0.29) is 17.8 Å². The molecule has 1 aromatic rings. The van der Waals surface area contributed by atoms with Gasteiger partial charge in [0.05, 0.1) is 5.57 Å². The van der Waals surface area contributed by atoms with E-state index < -0.39 is 0 Å². The molecule has 20 heavy (non-hydrogen) atoms. The van der Waals surface area contributed by atoms with Crippen molar-refractivity contribution in [3.63, 3.8) is 0 Å². The fourth-order valence-electron chi connectivity index (χ4n) is 2.55. The summed E-state index contributed by atoms with van der Waals surface area (Å²) in [6.45, 7) is 1.99. The Hall–Kier alpha value is -1.82. The highest BCUT2D eigenvalue weighted by Crippen LogP contribution is 2.45. The molecule has 106 valence electrons. The maximum atomic E-state index is 12.2. The number of rotatable bonds is 3. The molecule has 2 heterocycles. The quantitative estimate of drug-likeness (QED) is 0.341. The minimum atomic E-state index is -0.188. The SMILES string of the molecule is CC1CC(c2ccc(C3CC3)s2)=C(/C(N)=N/N)C(=O)N1. The number of nitrogens with zero attached hydrogens (tertiary/aromatic N) is 1. The predicted octanol–water partition coefficient (Wildman–Crippen LogP) is 1.52. The van der Waals surface area contributed by atoms with Gasteiger partial charge in [-0.1, -0.05) is 0 Å². The van der Waals surface area contributed by atoms with Crippen LogP contribution in [0.25, 0.3) is 5.57 Å². The minimum Gasteiger partial charge on any atom is -0.382 e. The number of hydrazone groups is 1. The van der Waals surface area contributed by atoms with Gasteiger partial charge in [0, 0.05) is 15.8 Å². The van der Waals surface area contributed by atoms with Crippen molar-refractivity contribution >= 4 is 28.7 Å². The van der Waals surface area contributed by atoms with Crippen LogP contribution in [0, 0.1) is 0 Å². The molecule has 0 spiro atoms. The van der Waals surface area contributed by atoms with Crippen LogP contribution in [0.4, 0.5) is 0 Å². The van der Waals surface area contributed by atoms with E-state index >= 15 is 0 Å². The molecule has 3 rings (SSSR count). The monoisotopic (exact) mass is 290 g/mol. The molecule has 1 fully saturated rings. The zero-order valence-electron chi connectivity index (χ0n) is 11.3. The maximum Gasteiger partial charge on any atom is 0.255 e. The van der Waals surface area contributed by atoms with Crippen molar-refractivity contribution in [1.29, 1.82) is 0 Å². The fraction of sp³-hybridized carbons (Fsp3) is 0.429. The Morgan fingerprint density at radius 2 is 2.20 bits per heavy atom. The van der Waals surface area contributed by atoms with Gasteiger partial charge >= 0.3 is 0 Å². The molecule has 0 aromatic carbocycles. The Morgan fingerprint density at radius 3 is 2.85 bits per heavy atom. The van der Waals surface area contributed by atoms with Crippen molar-refractivity contribution in [3.05, 3.63) is 27.5 Å². The van der Waals surface area contributed by atoms with E-state index in [1.165, 1.54) is 17.7 Å². The molecule has 0 bridgehead atoms. The van der Waals surface area contributed by atoms with Gasteiger partial charge in [-0.3, -0.25) is 4.79 Å². The molecule has 1 saturated carbocycles. The Kier molecular flexibility index (Phi) is 3.25. The number of amides is 1. The second-order valence-corrected chi connectivity index (χ2v) is 6.54. The molecule has 5 nitrogen and oxygen atoms in total. The van der Waals surface area contributed by atoms with Crippen molar-refractivity contribution in [3.8, 4) is 0 Å². The van der Waals surface area contributed by atoms with Crippen molar-refractivity contribution in [1.82, 2.24) is 5.32 Å². The molecule has 1 aliphatic heterocycles. The molecule has 1 aromatic heterocycles. The highest BCUT2D eigenvalue weighted by Gasteiger charge is 2.30. The fourth-order valence-corrected chi connectivity index (χ4v) is 3.79. The van der Waals surface area contributed by atoms with E-state index in [1.54, 1.807) is 11.3 Å². The van der Waals surface area contributed by atoms with Crippen LogP contribution in [-0.4, -0.2) is 17.8 Å². The smallest absolute Gasteiger partial charge is 0.255 e. The van der Waals surface area contributed by atoms with Gasteiger partial charge in [-0.25, -0.2) is 0 Å². The summed E-state index contributed by atoms with van der Waals surface area (Å²) in [7, 11) is 0. The lowest BCUT2D eigenvalue weighted by atomic mass is 9.94. The maximum absolute atomic E-state index is 12.2. The number of carbonyl (C=O) groups is 1. The zero-order valence-corrected chi connectivity index (χ0v) is 12.2. The molecule has 1 unspecified atom stereocenters. The standard InChI is InChI=1S/C14H18N4OS/c1-7-6-9(12(13(15)18-16)14(19)17-7)11-5-4-10(20-11)8-2-3-8/h4-5,7-8H,2-3,6,16H2,1H3,(H2,15,18)(H,17,19). The Labute approximate surface area is 121 Å². The molecule has 2 aliphatic rings. The summed E-state index contributed by atoms with van der Waals surface area (Å²) >= 11 is 1.76. The first-order valence-electron chi connectivity index (χ1n) is 6.78. The summed E-state index contributed by atoms with van der Waals surface area (Å²) in [5.41, 5.74) is 7.19. The van der Waals surface area contributed by atoms with Gasteiger partial charge in [-0.2, -0.15) is 5.10 Å². The number of nitrogens with one attached hydrogen (secondary N) is 1. The first-order chi connectivity index (χ1) is 9.60. The van der Waals surface area contributed by atoms with Crippen LogP contribution in [0.15, 0.2) is 22.8 Å². The van der Waals surface area contributed by atoms with Crippen LogP contribution in [0.1, 0.15) is 41.9 Å². The van der Waals surface area contributed by atoms with E-state index in [0.717, 1.165) is 16.9 Å². The largest absolute Gasteiger partial charge is 0.382 e. The van der Waals surface area contributed by atoms with Crippen molar-refractivity contribution in [2.24, 2.45) is 16.7 Å². The predicted molar refractivity (Wildman–Crippen MR) is 81.2 cm³/mol. The van der Waals surface area contributed by atoms with Crippen molar-refractivity contribution in [2.45, 2.75) is 38.1 Å². The lowest BCUT2D eigenvalue weighted by Crippen LogP contribution is -2.42. The van der Waals surface area contributed by atoms with Gasteiger partial charge in [-0.15, -0.1) is 11.3 Å². The van der Waals surface area contributed by atoms with Gasteiger partial charge in [0.25, 0.3) is 5.91 Å². The Bertz CT molecular complexity index is 612. The van der Waals surface area contributed by atoms with Gasteiger partial charge in [0.1, 0.15) is 0 Å². The van der Waals surface area contributed by atoms with Gasteiger partial charge in [-0.05, 0) is 49.8 Å². The zero-order chi connectivity index (χ0) is 14.3. The topological polar surface area (TPSA) is 93.5 Å². The van der Waals surface area contributed by atoms with Gasteiger partial charge < -0.3 is 16.9 Å². The van der Waals surface area contributed by atoms with E-state index in [4.69, 9.17) is 11.6 Å². The van der Waals surface area contributed by atoms with Crippen LogP contribution < -0.4 is 16.9 Å². The van der Waals surface area contributed by atoms with Crippen LogP contribution in [0.5, 0.6) is 0 Å². The summed E-state index contributed by atoms with van der Waals surface area (Å²) < 4.78 is 0. The summed E-state index contributed by atoms with van der Waals surface area (Å²) in [4.78, 5) is 14.7. The van der Waals surface area contributed by atoms with Crippen molar-refractivity contribution < 1.29 is 4.79 Å². The molecule has 0 saturated heterocycles. The van der Waals surface area contributed by atoms with Crippen LogP contribution in [0.2, 0.25) is 0 Å². The first kappa shape index (κ1) is 13.2. The van der Waals surface area contributed by atoms with Gasteiger partial charge in [0.15, 0.2) is 5.84 Å². The molecular formula is C14H18N4OS. The summed E-state index contributed by atoms with van der Waals surface area (Å²) in [5, 5.41) is 6.38. The molecule has 1 atom stereocenters. The average Bonchev–Trinajstić information content (AvgIpc) is 3.15. The average molecular weight is 290 g/mol. The van der Waals surface area contributed by atoms with Crippen molar-refractivity contribution in [2.75, 3.05) is 0 Å². The number of nitrogens with two attached hydrogens (primary N) is 2. The van der Waals surface area contributed by atoms with E-state index in [0.29, 0.717) is 11.5 Å². The highest BCUT2D eigenvalue weighted by molar-refractivity contribution is 7.13. The molecule has 5 N–H and O–H groups in total. The number of amidine groups is 1. The second kappa shape index (κ2) is 4.94. The summed E-state index contributed by atoms with van der Waals surface area (Å²) in [5.74, 6) is 5.89. The van der Waals surface area contributed by atoms with Crippen LogP contribution >= 0.6 is 11.3 Å². The third-order valence-corrected chi connectivity index (χ3v) is 5.02. The summed E-state index contributed by atoms with van der Waals surface area (Å²) in [6.07, 6.45) is 3.30. The second-order valence-electron chi connectivity index (χ2n) is 5.42. The van der Waals surface area contributed by atoms with Gasteiger partial charge in [0.2, 0.25) is 0 Å². The number of hydrogen-bond acceptors (Lipinski definition) is 4. The minimum absolute atomic E-state index is 0.0956. The number of hydrogen-bond donors (Lipinski definition) is 3. The third-order valence-electron chi connectivity index (χ3n) is 3.72. The van der Waals surface area contributed by atoms with Crippen LogP contribution in [0.3, 0.4) is 0 Å². The Morgan fingerprint density at radius 1 is 1.45 bits per heavy atom. The summed E-state index contributed by atoms with van der Waals surface area (Å²) in [6, 6.07) is 4.34. The lowest BCUT2D eigenvalue weighted by molar-refractivity contribution is -0.117. The highest BCUT2D eigenvalue weighted by atomic mass is 32.1. The van der Waals surface area contributed by atoms with E-state index in [1.807, 2.05) is 6.92 Å². The molecule has 1 aliphatic carbocycles. The first-order valence-corrected chi connectivity index (χ1v) is 7.59. The number of carbonyl (C=O) groups excluding carboxylic acids is 1. The molecule has 0 radical (unpaired) electrons.